The van der Waals surface area contributed by atoms with E-state index in [1.54, 1.807) is 0 Å². The Morgan fingerprint density at radius 2 is 1.70 bits per heavy atom. The van der Waals surface area contributed by atoms with E-state index in [4.69, 9.17) is 25.2 Å². The van der Waals surface area contributed by atoms with Crippen molar-refractivity contribution in [2.45, 2.75) is 45.1 Å². The van der Waals surface area contributed by atoms with Gasteiger partial charge in [0.2, 0.25) is 5.88 Å². The van der Waals surface area contributed by atoms with E-state index in [1.165, 1.54) is 0 Å². The molecule has 0 bridgehead atoms. The van der Waals surface area contributed by atoms with E-state index in [9.17, 15) is 0 Å². The molecular formula is C21H28N4O2. The number of aromatic nitrogens is 2. The number of nitrogen functional groups attached to an aromatic ring is 1. The molecule has 1 saturated carbocycles. The van der Waals surface area contributed by atoms with Gasteiger partial charge in [-0.2, -0.15) is 4.98 Å². The number of fused-ring (bicyclic) bond motifs is 1. The first-order valence-electron chi connectivity index (χ1n) is 10.0. The minimum absolute atomic E-state index is 0.0437. The molecule has 1 aliphatic carbocycles. The van der Waals surface area contributed by atoms with E-state index < -0.39 is 0 Å². The number of hydrogen-bond donors (Lipinski definition) is 1. The summed E-state index contributed by atoms with van der Waals surface area (Å²) < 4.78 is 11.8. The van der Waals surface area contributed by atoms with E-state index in [-0.39, 0.29) is 5.60 Å². The Morgan fingerprint density at radius 1 is 1.00 bits per heavy atom. The molecular weight excluding hydrogens is 340 g/mol. The Hall–Kier alpha value is -2.34. The van der Waals surface area contributed by atoms with Gasteiger partial charge in [-0.1, -0.05) is 13.8 Å². The van der Waals surface area contributed by atoms with Gasteiger partial charge in [-0.15, -0.1) is 0 Å². The fourth-order valence-corrected chi connectivity index (χ4v) is 3.65. The Kier molecular flexibility index (Phi) is 4.91. The molecule has 0 amide bonds. The van der Waals surface area contributed by atoms with Gasteiger partial charge >= 0.3 is 0 Å². The van der Waals surface area contributed by atoms with Crippen LogP contribution in [0.4, 0.5) is 11.5 Å². The Morgan fingerprint density at radius 3 is 2.37 bits per heavy atom. The SMILES string of the molecule is CC.Nc1ccc(-c2nc3c(c(N4CCOCC4)n2)CCC2(CC2)O3)cc1. The maximum absolute atomic E-state index is 6.31. The summed E-state index contributed by atoms with van der Waals surface area (Å²) in [6, 6.07) is 7.71. The molecule has 144 valence electrons. The van der Waals surface area contributed by atoms with Crippen LogP contribution < -0.4 is 15.4 Å². The van der Waals surface area contributed by atoms with Crippen LogP contribution >= 0.6 is 0 Å². The molecule has 2 N–H and O–H groups in total. The third-order valence-electron chi connectivity index (χ3n) is 5.38. The lowest BCUT2D eigenvalue weighted by Gasteiger charge is -2.33. The van der Waals surface area contributed by atoms with Crippen LogP contribution in [0.3, 0.4) is 0 Å². The van der Waals surface area contributed by atoms with Gasteiger partial charge in [0, 0.05) is 24.3 Å². The molecule has 3 heterocycles. The molecule has 2 fully saturated rings. The third-order valence-corrected chi connectivity index (χ3v) is 5.38. The maximum Gasteiger partial charge on any atom is 0.222 e. The highest BCUT2D eigenvalue weighted by Crippen LogP contribution is 2.49. The number of nitrogens with two attached hydrogens (primary N) is 1. The number of nitrogens with zero attached hydrogens (tertiary/aromatic N) is 3. The smallest absolute Gasteiger partial charge is 0.222 e. The highest BCUT2D eigenvalue weighted by molar-refractivity contribution is 5.64. The van der Waals surface area contributed by atoms with E-state index in [1.807, 2.05) is 38.1 Å². The summed E-state index contributed by atoms with van der Waals surface area (Å²) in [5.74, 6) is 2.49. The Balaban J connectivity index is 0.000000872. The molecule has 2 aromatic rings. The molecule has 1 saturated heterocycles. The van der Waals surface area contributed by atoms with Crippen LogP contribution in [-0.4, -0.2) is 41.9 Å². The zero-order valence-electron chi connectivity index (χ0n) is 16.2. The normalized spacial score (nSPS) is 19.6. The molecule has 5 rings (SSSR count). The average molecular weight is 368 g/mol. The van der Waals surface area contributed by atoms with Crippen LogP contribution in [-0.2, 0) is 11.2 Å². The number of anilines is 2. The van der Waals surface area contributed by atoms with Gasteiger partial charge in [-0.05, 0) is 49.9 Å². The largest absolute Gasteiger partial charge is 0.471 e. The van der Waals surface area contributed by atoms with Crippen LogP contribution in [0.5, 0.6) is 5.88 Å². The Labute approximate surface area is 160 Å². The zero-order valence-corrected chi connectivity index (χ0v) is 16.2. The first-order chi connectivity index (χ1) is 13.2. The predicted molar refractivity (Wildman–Crippen MR) is 107 cm³/mol. The number of ether oxygens (including phenoxy) is 2. The Bertz CT molecular complexity index is 797. The van der Waals surface area contributed by atoms with Crippen molar-refractivity contribution >= 4 is 11.5 Å². The molecule has 1 aromatic carbocycles. The molecule has 6 heteroatoms. The first kappa shape index (κ1) is 18.0. The summed E-state index contributed by atoms with van der Waals surface area (Å²) in [6.07, 6.45) is 4.34. The highest BCUT2D eigenvalue weighted by atomic mass is 16.5. The minimum atomic E-state index is 0.0437. The van der Waals surface area contributed by atoms with Gasteiger partial charge in [0.15, 0.2) is 5.82 Å². The van der Waals surface area contributed by atoms with Crippen molar-refractivity contribution in [2.75, 3.05) is 36.9 Å². The van der Waals surface area contributed by atoms with Crippen molar-refractivity contribution in [1.29, 1.82) is 0 Å². The van der Waals surface area contributed by atoms with Crippen LogP contribution in [0.2, 0.25) is 0 Å². The van der Waals surface area contributed by atoms with Crippen molar-refractivity contribution in [1.82, 2.24) is 9.97 Å². The average Bonchev–Trinajstić information content (AvgIpc) is 3.48. The topological polar surface area (TPSA) is 73.5 Å². The summed E-state index contributed by atoms with van der Waals surface area (Å²) in [4.78, 5) is 12.0. The van der Waals surface area contributed by atoms with Crippen LogP contribution in [0.25, 0.3) is 11.4 Å². The molecule has 3 aliphatic rings. The molecule has 0 unspecified atom stereocenters. The quantitative estimate of drug-likeness (QED) is 0.819. The van der Waals surface area contributed by atoms with Gasteiger partial charge in [-0.3, -0.25) is 0 Å². The van der Waals surface area contributed by atoms with E-state index >= 15 is 0 Å². The van der Waals surface area contributed by atoms with Gasteiger partial charge in [-0.25, -0.2) is 4.98 Å². The lowest BCUT2D eigenvalue weighted by Crippen LogP contribution is -2.38. The highest BCUT2D eigenvalue weighted by Gasteiger charge is 2.48. The van der Waals surface area contributed by atoms with Gasteiger partial charge in [0.05, 0.1) is 18.8 Å². The first-order valence-corrected chi connectivity index (χ1v) is 10.0. The summed E-state index contributed by atoms with van der Waals surface area (Å²) in [6.45, 7) is 7.19. The van der Waals surface area contributed by atoms with Crippen LogP contribution in [0.1, 0.15) is 38.7 Å². The number of benzene rings is 1. The lowest BCUT2D eigenvalue weighted by atomic mass is 10.0. The molecule has 0 atom stereocenters. The standard InChI is InChI=1S/C19H22N4O2.C2H6/c20-14-3-1-13(2-4-14)16-21-17(23-9-11-24-12-10-23)15-5-6-19(7-8-19)25-18(15)22-16;1-2/h1-4H,5-12,20H2;1-2H3. The fraction of sp³-hybridized carbons (Fsp3) is 0.524. The van der Waals surface area contributed by atoms with E-state index in [0.717, 1.165) is 80.5 Å². The summed E-state index contributed by atoms with van der Waals surface area (Å²) in [5.41, 5.74) is 8.72. The number of morpholine rings is 1. The second-order valence-corrected chi connectivity index (χ2v) is 7.16. The summed E-state index contributed by atoms with van der Waals surface area (Å²) >= 11 is 0. The van der Waals surface area contributed by atoms with Crippen molar-refractivity contribution in [2.24, 2.45) is 0 Å². The molecule has 27 heavy (non-hydrogen) atoms. The number of hydrogen-bond acceptors (Lipinski definition) is 6. The summed E-state index contributed by atoms with van der Waals surface area (Å²) in [7, 11) is 0. The second-order valence-electron chi connectivity index (χ2n) is 7.16. The number of rotatable bonds is 2. The van der Waals surface area contributed by atoms with Crippen molar-refractivity contribution < 1.29 is 9.47 Å². The van der Waals surface area contributed by atoms with Gasteiger partial charge < -0.3 is 20.1 Å². The molecule has 1 aromatic heterocycles. The van der Waals surface area contributed by atoms with Crippen LogP contribution in [0.15, 0.2) is 24.3 Å². The predicted octanol–water partition coefficient (Wildman–Crippen LogP) is 3.45. The zero-order chi connectivity index (χ0) is 18.9. The van der Waals surface area contributed by atoms with Crippen molar-refractivity contribution in [3.63, 3.8) is 0 Å². The fourth-order valence-electron chi connectivity index (χ4n) is 3.65. The summed E-state index contributed by atoms with van der Waals surface area (Å²) in [5, 5.41) is 0. The molecule has 6 nitrogen and oxygen atoms in total. The molecule has 2 aliphatic heterocycles. The van der Waals surface area contributed by atoms with E-state index in [2.05, 4.69) is 4.90 Å². The second kappa shape index (κ2) is 7.35. The maximum atomic E-state index is 6.31. The molecule has 0 radical (unpaired) electrons. The minimum Gasteiger partial charge on any atom is -0.471 e. The molecule has 1 spiro atoms. The van der Waals surface area contributed by atoms with Crippen LogP contribution in [0, 0.1) is 0 Å². The van der Waals surface area contributed by atoms with Gasteiger partial charge in [0.1, 0.15) is 11.4 Å². The third kappa shape index (κ3) is 3.58. The van der Waals surface area contributed by atoms with Crippen molar-refractivity contribution in [3.8, 4) is 17.3 Å². The van der Waals surface area contributed by atoms with E-state index in [0.29, 0.717) is 5.82 Å². The van der Waals surface area contributed by atoms with Crippen molar-refractivity contribution in [3.05, 3.63) is 29.8 Å². The lowest BCUT2D eigenvalue weighted by molar-refractivity contribution is 0.121. The van der Waals surface area contributed by atoms with Gasteiger partial charge in [0.25, 0.3) is 0 Å². The monoisotopic (exact) mass is 368 g/mol.